The predicted octanol–water partition coefficient (Wildman–Crippen LogP) is 2.30. The van der Waals surface area contributed by atoms with Gasteiger partial charge in [0.2, 0.25) is 10.0 Å². The van der Waals surface area contributed by atoms with E-state index in [4.69, 9.17) is 5.73 Å². The normalized spacial score (nSPS) is 13.5. The number of hydrogen-bond acceptors (Lipinski definition) is 3. The maximum absolute atomic E-state index is 11.8. The molecule has 3 N–H and O–H groups in total. The van der Waals surface area contributed by atoms with E-state index in [1.807, 2.05) is 0 Å². The van der Waals surface area contributed by atoms with Crippen LogP contribution in [-0.2, 0) is 10.0 Å². The van der Waals surface area contributed by atoms with Gasteiger partial charge in [-0.25, -0.2) is 8.42 Å². The molecule has 1 aromatic rings. The third kappa shape index (κ3) is 3.19. The van der Waals surface area contributed by atoms with Crippen molar-refractivity contribution in [3.05, 3.63) is 27.1 Å². The van der Waals surface area contributed by atoms with Crippen molar-refractivity contribution >= 4 is 47.6 Å². The fourth-order valence-electron chi connectivity index (χ4n) is 0.965. The molecule has 0 saturated carbocycles. The number of benzene rings is 1. The first kappa shape index (κ1) is 14.0. The van der Waals surface area contributed by atoms with Crippen molar-refractivity contribution in [2.75, 3.05) is 11.3 Å². The van der Waals surface area contributed by atoms with Gasteiger partial charge in [-0.2, -0.15) is 0 Å². The average Bonchev–Trinajstić information content (AvgIpc) is 2.22. The summed E-state index contributed by atoms with van der Waals surface area (Å²) in [6.07, 6.45) is 0. The van der Waals surface area contributed by atoms with Crippen molar-refractivity contribution < 1.29 is 8.42 Å². The lowest BCUT2D eigenvalue weighted by Gasteiger charge is -2.15. The fraction of sp³-hybridized carbons (Fsp3) is 0.333. The standard InChI is InChI=1S/C9H12Br2N2O2S/c1-6(5-12)16(14,15)13-9-7(10)3-2-4-8(9)11/h2-4,6,13H,5,12H2,1H3. The Bertz CT molecular complexity index is 456. The molecular weight excluding hydrogens is 360 g/mol. The highest BCUT2D eigenvalue weighted by Crippen LogP contribution is 2.31. The summed E-state index contributed by atoms with van der Waals surface area (Å²) in [4.78, 5) is 0. The number of nitrogens with one attached hydrogen (secondary N) is 1. The second-order valence-electron chi connectivity index (χ2n) is 3.29. The zero-order valence-corrected chi connectivity index (χ0v) is 12.6. The molecule has 1 unspecified atom stereocenters. The highest BCUT2D eigenvalue weighted by molar-refractivity contribution is 9.11. The summed E-state index contributed by atoms with van der Waals surface area (Å²) in [5.41, 5.74) is 5.83. The number of nitrogens with two attached hydrogens (primary N) is 1. The number of rotatable bonds is 4. The third-order valence-electron chi connectivity index (χ3n) is 2.07. The quantitative estimate of drug-likeness (QED) is 0.852. The number of para-hydroxylation sites is 1. The van der Waals surface area contributed by atoms with Gasteiger partial charge in [-0.3, -0.25) is 4.72 Å². The molecule has 1 atom stereocenters. The topological polar surface area (TPSA) is 72.2 Å². The van der Waals surface area contributed by atoms with Crippen LogP contribution in [0.3, 0.4) is 0 Å². The van der Waals surface area contributed by atoms with Crippen molar-refractivity contribution in [2.24, 2.45) is 5.73 Å². The molecule has 0 aliphatic carbocycles. The van der Waals surface area contributed by atoms with Gasteiger partial charge in [0.1, 0.15) is 0 Å². The number of sulfonamides is 1. The van der Waals surface area contributed by atoms with Crippen LogP contribution in [0.25, 0.3) is 0 Å². The Labute approximate surface area is 112 Å². The van der Waals surface area contributed by atoms with Crippen molar-refractivity contribution in [1.82, 2.24) is 0 Å². The van der Waals surface area contributed by atoms with Crippen LogP contribution < -0.4 is 10.5 Å². The number of anilines is 1. The van der Waals surface area contributed by atoms with Crippen LogP contribution >= 0.6 is 31.9 Å². The third-order valence-corrected chi connectivity index (χ3v) is 5.13. The van der Waals surface area contributed by atoms with Gasteiger partial charge in [-0.05, 0) is 50.9 Å². The minimum Gasteiger partial charge on any atom is -0.329 e. The SMILES string of the molecule is CC(CN)S(=O)(=O)Nc1c(Br)cccc1Br. The van der Waals surface area contributed by atoms with Crippen LogP contribution in [0.1, 0.15) is 6.92 Å². The van der Waals surface area contributed by atoms with Crippen LogP contribution in [-0.4, -0.2) is 20.2 Å². The smallest absolute Gasteiger partial charge is 0.236 e. The first-order valence-electron chi connectivity index (χ1n) is 4.54. The zero-order valence-electron chi connectivity index (χ0n) is 8.57. The lowest BCUT2D eigenvalue weighted by molar-refractivity contribution is 0.589. The molecule has 0 aliphatic heterocycles. The fourth-order valence-corrected chi connectivity index (χ4v) is 3.38. The molecule has 0 radical (unpaired) electrons. The van der Waals surface area contributed by atoms with Crippen molar-refractivity contribution in [3.63, 3.8) is 0 Å². The molecule has 90 valence electrons. The van der Waals surface area contributed by atoms with E-state index < -0.39 is 15.3 Å². The molecular formula is C9H12Br2N2O2S. The Hall–Kier alpha value is -0.110. The Morgan fingerprint density at radius 1 is 1.38 bits per heavy atom. The molecule has 0 heterocycles. The summed E-state index contributed by atoms with van der Waals surface area (Å²) in [6, 6.07) is 5.32. The summed E-state index contributed by atoms with van der Waals surface area (Å²) in [5, 5.41) is -0.633. The van der Waals surface area contributed by atoms with Crippen molar-refractivity contribution in [2.45, 2.75) is 12.2 Å². The zero-order chi connectivity index (χ0) is 12.3. The van der Waals surface area contributed by atoms with Gasteiger partial charge >= 0.3 is 0 Å². The van der Waals surface area contributed by atoms with Crippen LogP contribution in [0.4, 0.5) is 5.69 Å². The second-order valence-corrected chi connectivity index (χ2v) is 7.10. The van der Waals surface area contributed by atoms with E-state index in [1.54, 1.807) is 25.1 Å². The molecule has 0 fully saturated rings. The van der Waals surface area contributed by atoms with Gasteiger partial charge in [-0.15, -0.1) is 0 Å². The van der Waals surface area contributed by atoms with Gasteiger partial charge in [0.15, 0.2) is 0 Å². The molecule has 16 heavy (non-hydrogen) atoms. The van der Waals surface area contributed by atoms with E-state index in [0.29, 0.717) is 14.6 Å². The maximum atomic E-state index is 11.8. The summed E-state index contributed by atoms with van der Waals surface area (Å²) >= 11 is 6.57. The number of halogens is 2. The Balaban J connectivity index is 3.06. The minimum absolute atomic E-state index is 0.0808. The predicted molar refractivity (Wildman–Crippen MR) is 72.9 cm³/mol. The summed E-state index contributed by atoms with van der Waals surface area (Å²) in [7, 11) is -3.44. The molecule has 0 bridgehead atoms. The molecule has 1 rings (SSSR count). The molecule has 1 aromatic carbocycles. The largest absolute Gasteiger partial charge is 0.329 e. The van der Waals surface area contributed by atoms with E-state index in [0.717, 1.165) is 0 Å². The first-order valence-corrected chi connectivity index (χ1v) is 7.67. The van der Waals surface area contributed by atoms with Gasteiger partial charge in [-0.1, -0.05) is 6.07 Å². The molecule has 0 aliphatic rings. The Morgan fingerprint density at radius 2 is 1.88 bits per heavy atom. The summed E-state index contributed by atoms with van der Waals surface area (Å²) < 4.78 is 27.5. The van der Waals surface area contributed by atoms with E-state index in [-0.39, 0.29) is 6.54 Å². The van der Waals surface area contributed by atoms with E-state index >= 15 is 0 Å². The lowest BCUT2D eigenvalue weighted by atomic mass is 10.3. The molecule has 7 heteroatoms. The monoisotopic (exact) mass is 370 g/mol. The van der Waals surface area contributed by atoms with Crippen LogP contribution in [0.5, 0.6) is 0 Å². The Morgan fingerprint density at radius 3 is 2.31 bits per heavy atom. The highest BCUT2D eigenvalue weighted by Gasteiger charge is 2.21. The summed E-state index contributed by atoms with van der Waals surface area (Å²) in [5.74, 6) is 0. The summed E-state index contributed by atoms with van der Waals surface area (Å²) in [6.45, 7) is 1.64. The molecule has 0 aromatic heterocycles. The highest BCUT2D eigenvalue weighted by atomic mass is 79.9. The number of hydrogen-bond donors (Lipinski definition) is 2. The van der Waals surface area contributed by atoms with E-state index in [1.165, 1.54) is 0 Å². The first-order chi connectivity index (χ1) is 7.38. The van der Waals surface area contributed by atoms with E-state index in [2.05, 4.69) is 36.6 Å². The minimum atomic E-state index is -3.44. The van der Waals surface area contributed by atoms with Crippen LogP contribution in [0.2, 0.25) is 0 Å². The van der Waals surface area contributed by atoms with E-state index in [9.17, 15) is 8.42 Å². The van der Waals surface area contributed by atoms with Gasteiger partial charge in [0.25, 0.3) is 0 Å². The molecule has 0 spiro atoms. The molecule has 4 nitrogen and oxygen atoms in total. The van der Waals surface area contributed by atoms with Crippen molar-refractivity contribution in [3.8, 4) is 0 Å². The van der Waals surface area contributed by atoms with Gasteiger partial charge in [0, 0.05) is 15.5 Å². The average molecular weight is 372 g/mol. The van der Waals surface area contributed by atoms with Gasteiger partial charge < -0.3 is 5.73 Å². The second kappa shape index (κ2) is 5.48. The van der Waals surface area contributed by atoms with Crippen molar-refractivity contribution in [1.29, 1.82) is 0 Å². The van der Waals surface area contributed by atoms with Gasteiger partial charge in [0.05, 0.1) is 10.9 Å². The lowest BCUT2D eigenvalue weighted by Crippen LogP contribution is -2.31. The molecule has 0 saturated heterocycles. The van der Waals surface area contributed by atoms with Crippen LogP contribution in [0.15, 0.2) is 27.1 Å². The van der Waals surface area contributed by atoms with Crippen LogP contribution in [0, 0.1) is 0 Å². The molecule has 0 amide bonds. The Kier molecular flexibility index (Phi) is 4.78. The maximum Gasteiger partial charge on any atom is 0.236 e.